The monoisotopic (exact) mass is 351 g/mol. The Kier molecular flexibility index (Phi) is 6.06. The minimum Gasteiger partial charge on any atom is -0.495 e. The van der Waals surface area contributed by atoms with E-state index in [9.17, 15) is 20.2 Å². The predicted molar refractivity (Wildman–Crippen MR) is 97.7 cm³/mol. The Morgan fingerprint density at radius 3 is 2.69 bits per heavy atom. The highest BCUT2D eigenvalue weighted by atomic mass is 16.6. The van der Waals surface area contributed by atoms with Crippen molar-refractivity contribution in [3.63, 3.8) is 0 Å². The molecule has 0 fully saturated rings. The average Bonchev–Trinajstić information content (AvgIpc) is 2.66. The zero-order valence-electron chi connectivity index (χ0n) is 14.4. The molecule has 2 rings (SSSR count). The normalized spacial score (nSPS) is 10.7. The number of nitrogens with zero attached hydrogens (tertiary/aromatic N) is 2. The molecule has 1 amide bonds. The van der Waals surface area contributed by atoms with Crippen molar-refractivity contribution in [3.8, 4) is 11.8 Å². The van der Waals surface area contributed by atoms with Crippen LogP contribution in [0.25, 0.3) is 6.08 Å². The number of methoxy groups -OCH3 is 1. The lowest BCUT2D eigenvalue weighted by Crippen LogP contribution is -2.14. The Morgan fingerprint density at radius 2 is 2.08 bits per heavy atom. The van der Waals surface area contributed by atoms with Gasteiger partial charge in [-0.1, -0.05) is 31.2 Å². The highest BCUT2D eigenvalue weighted by Crippen LogP contribution is 2.25. The molecule has 0 saturated carbocycles. The van der Waals surface area contributed by atoms with E-state index in [0.29, 0.717) is 29.0 Å². The molecule has 0 spiro atoms. The predicted octanol–water partition coefficient (Wildman–Crippen LogP) is 3.71. The van der Waals surface area contributed by atoms with Crippen LogP contribution in [0.15, 0.2) is 48.0 Å². The van der Waals surface area contributed by atoms with Gasteiger partial charge < -0.3 is 10.1 Å². The molecule has 2 aromatic rings. The minimum atomic E-state index is -0.626. The van der Waals surface area contributed by atoms with Crippen LogP contribution in [0.5, 0.6) is 5.75 Å². The first-order chi connectivity index (χ1) is 12.5. The molecule has 0 saturated heterocycles. The maximum atomic E-state index is 12.4. The molecule has 0 bridgehead atoms. The van der Waals surface area contributed by atoms with E-state index in [-0.39, 0.29) is 11.3 Å². The number of para-hydroxylation sites is 2. The summed E-state index contributed by atoms with van der Waals surface area (Å²) in [7, 11) is 1.47. The van der Waals surface area contributed by atoms with Gasteiger partial charge in [-0.3, -0.25) is 14.9 Å². The SMILES string of the molecule is CCc1ccc(C=C(C#N)C(=O)Nc2ccccc2OC)cc1[N+](=O)[O-]. The van der Waals surface area contributed by atoms with Crippen LogP contribution in [0.3, 0.4) is 0 Å². The summed E-state index contributed by atoms with van der Waals surface area (Å²) in [5.74, 6) is -0.166. The van der Waals surface area contributed by atoms with Crippen molar-refractivity contribution in [2.24, 2.45) is 0 Å². The number of nitriles is 1. The number of anilines is 1. The number of rotatable bonds is 6. The molecule has 0 aliphatic carbocycles. The Bertz CT molecular complexity index is 913. The Morgan fingerprint density at radius 1 is 1.35 bits per heavy atom. The Hall–Kier alpha value is -3.66. The third-order valence-electron chi connectivity index (χ3n) is 3.72. The van der Waals surface area contributed by atoms with Gasteiger partial charge in [0, 0.05) is 11.6 Å². The number of benzene rings is 2. The van der Waals surface area contributed by atoms with Crippen LogP contribution >= 0.6 is 0 Å². The van der Waals surface area contributed by atoms with Gasteiger partial charge in [0.1, 0.15) is 17.4 Å². The summed E-state index contributed by atoms with van der Waals surface area (Å²) in [5.41, 5.74) is 1.20. The van der Waals surface area contributed by atoms with E-state index in [2.05, 4.69) is 5.32 Å². The van der Waals surface area contributed by atoms with Gasteiger partial charge in [-0.15, -0.1) is 0 Å². The number of amides is 1. The zero-order chi connectivity index (χ0) is 19.1. The van der Waals surface area contributed by atoms with Crippen molar-refractivity contribution in [2.45, 2.75) is 13.3 Å². The second kappa shape index (κ2) is 8.44. The summed E-state index contributed by atoms with van der Waals surface area (Å²) in [4.78, 5) is 23.1. The molecule has 0 unspecified atom stereocenters. The first-order valence-corrected chi connectivity index (χ1v) is 7.83. The van der Waals surface area contributed by atoms with E-state index < -0.39 is 10.8 Å². The highest BCUT2D eigenvalue weighted by Gasteiger charge is 2.15. The van der Waals surface area contributed by atoms with Crippen molar-refractivity contribution in [3.05, 3.63) is 69.3 Å². The fourth-order valence-corrected chi connectivity index (χ4v) is 2.39. The van der Waals surface area contributed by atoms with Crippen LogP contribution in [0.1, 0.15) is 18.1 Å². The number of nitro benzene ring substituents is 1. The van der Waals surface area contributed by atoms with Crippen molar-refractivity contribution < 1.29 is 14.5 Å². The van der Waals surface area contributed by atoms with Crippen molar-refractivity contribution in [1.82, 2.24) is 0 Å². The quantitative estimate of drug-likeness (QED) is 0.370. The summed E-state index contributed by atoms with van der Waals surface area (Å²) in [6.45, 7) is 1.82. The lowest BCUT2D eigenvalue weighted by atomic mass is 10.0. The number of carbonyl (C=O) groups is 1. The molecule has 0 atom stereocenters. The fraction of sp³-hybridized carbons (Fsp3) is 0.158. The van der Waals surface area contributed by atoms with E-state index in [1.54, 1.807) is 36.4 Å². The largest absolute Gasteiger partial charge is 0.495 e. The summed E-state index contributed by atoms with van der Waals surface area (Å²) < 4.78 is 5.15. The second-order valence-electron chi connectivity index (χ2n) is 5.32. The van der Waals surface area contributed by atoms with Crippen LogP contribution in [-0.4, -0.2) is 17.9 Å². The highest BCUT2D eigenvalue weighted by molar-refractivity contribution is 6.10. The van der Waals surface area contributed by atoms with E-state index in [1.807, 2.05) is 13.0 Å². The Labute approximate surface area is 150 Å². The molecule has 0 radical (unpaired) electrons. The maximum Gasteiger partial charge on any atom is 0.273 e. The van der Waals surface area contributed by atoms with Gasteiger partial charge in [0.15, 0.2) is 0 Å². The maximum absolute atomic E-state index is 12.4. The lowest BCUT2D eigenvalue weighted by molar-refractivity contribution is -0.385. The van der Waals surface area contributed by atoms with Gasteiger partial charge in [-0.05, 0) is 30.2 Å². The topological polar surface area (TPSA) is 105 Å². The molecule has 0 aromatic heterocycles. The molecule has 2 aromatic carbocycles. The first kappa shape index (κ1) is 18.7. The summed E-state index contributed by atoms with van der Waals surface area (Å²) in [6, 6.07) is 13.2. The van der Waals surface area contributed by atoms with Gasteiger partial charge in [-0.2, -0.15) is 5.26 Å². The molecule has 1 N–H and O–H groups in total. The van der Waals surface area contributed by atoms with Gasteiger partial charge >= 0.3 is 0 Å². The third kappa shape index (κ3) is 4.24. The molecular formula is C19H17N3O4. The number of hydrogen-bond acceptors (Lipinski definition) is 5. The van der Waals surface area contributed by atoms with Crippen molar-refractivity contribution >= 4 is 23.4 Å². The van der Waals surface area contributed by atoms with Gasteiger partial charge in [0.05, 0.1) is 17.7 Å². The Balaban J connectivity index is 2.33. The number of hydrogen-bond donors (Lipinski definition) is 1. The molecule has 26 heavy (non-hydrogen) atoms. The van der Waals surface area contributed by atoms with Crippen molar-refractivity contribution in [2.75, 3.05) is 12.4 Å². The van der Waals surface area contributed by atoms with E-state index in [4.69, 9.17) is 4.74 Å². The lowest BCUT2D eigenvalue weighted by Gasteiger charge is -2.09. The van der Waals surface area contributed by atoms with E-state index in [1.165, 1.54) is 19.3 Å². The van der Waals surface area contributed by atoms with Crippen LogP contribution in [0.2, 0.25) is 0 Å². The van der Waals surface area contributed by atoms with Gasteiger partial charge in [0.25, 0.3) is 11.6 Å². The standard InChI is InChI=1S/C19H17N3O4/c1-3-14-9-8-13(11-17(14)22(24)25)10-15(12-20)19(23)21-16-6-4-5-7-18(16)26-2/h4-11H,3H2,1-2H3,(H,21,23). The minimum absolute atomic E-state index is 0.0383. The molecule has 0 aliphatic heterocycles. The van der Waals surface area contributed by atoms with Crippen LogP contribution < -0.4 is 10.1 Å². The van der Waals surface area contributed by atoms with Crippen LogP contribution in [-0.2, 0) is 11.2 Å². The van der Waals surface area contributed by atoms with Gasteiger partial charge in [-0.25, -0.2) is 0 Å². The smallest absolute Gasteiger partial charge is 0.273 e. The van der Waals surface area contributed by atoms with E-state index >= 15 is 0 Å². The number of carbonyl (C=O) groups excluding carboxylic acids is 1. The number of nitrogens with one attached hydrogen (secondary N) is 1. The molecule has 0 heterocycles. The molecule has 7 nitrogen and oxygen atoms in total. The van der Waals surface area contributed by atoms with Crippen LogP contribution in [0, 0.1) is 21.4 Å². The number of aryl methyl sites for hydroxylation is 1. The average molecular weight is 351 g/mol. The summed E-state index contributed by atoms with van der Waals surface area (Å²) in [6.07, 6.45) is 1.83. The first-order valence-electron chi connectivity index (χ1n) is 7.83. The third-order valence-corrected chi connectivity index (χ3v) is 3.72. The van der Waals surface area contributed by atoms with Crippen LogP contribution in [0.4, 0.5) is 11.4 Å². The van der Waals surface area contributed by atoms with Crippen molar-refractivity contribution in [1.29, 1.82) is 5.26 Å². The number of nitro groups is 1. The fourth-order valence-electron chi connectivity index (χ4n) is 2.39. The van der Waals surface area contributed by atoms with Gasteiger partial charge in [0.2, 0.25) is 0 Å². The second-order valence-corrected chi connectivity index (χ2v) is 5.32. The summed E-state index contributed by atoms with van der Waals surface area (Å²) >= 11 is 0. The number of ether oxygens (including phenoxy) is 1. The molecule has 7 heteroatoms. The van der Waals surface area contributed by atoms with E-state index in [0.717, 1.165) is 0 Å². The molecule has 0 aliphatic rings. The summed E-state index contributed by atoms with van der Waals surface area (Å²) in [5, 5.41) is 23.1. The molecule has 132 valence electrons. The molecular weight excluding hydrogens is 334 g/mol. The zero-order valence-corrected chi connectivity index (χ0v) is 14.4.